The van der Waals surface area contributed by atoms with Crippen molar-refractivity contribution < 1.29 is 9.59 Å². The number of para-hydroxylation sites is 1. The summed E-state index contributed by atoms with van der Waals surface area (Å²) in [6.45, 7) is 2.16. The number of hydrazine groups is 1. The summed E-state index contributed by atoms with van der Waals surface area (Å²) in [5, 5.41) is 3.68. The molecule has 1 aliphatic rings. The molecular weight excluding hydrogens is 400 g/mol. The minimum atomic E-state index is -0.379. The number of aromatic nitrogens is 1. The van der Waals surface area contributed by atoms with Gasteiger partial charge in [-0.15, -0.1) is 0 Å². The molecule has 3 aromatic rings. The van der Waals surface area contributed by atoms with Crippen LogP contribution in [0.1, 0.15) is 61.4 Å². The van der Waals surface area contributed by atoms with E-state index in [1.807, 2.05) is 36.4 Å². The fraction of sp³-hybridized carbons (Fsp3) is 0.346. The van der Waals surface area contributed by atoms with Crippen LogP contribution in [-0.2, 0) is 6.42 Å². The fourth-order valence-electron chi connectivity index (χ4n) is 4.29. The zero-order valence-electron chi connectivity index (χ0n) is 18.5. The van der Waals surface area contributed by atoms with Gasteiger partial charge in [-0.2, -0.15) is 0 Å². The number of carbonyl (C=O) groups is 2. The molecule has 6 nitrogen and oxygen atoms in total. The van der Waals surface area contributed by atoms with Crippen LogP contribution in [-0.4, -0.2) is 23.0 Å². The molecule has 0 atom stereocenters. The van der Waals surface area contributed by atoms with Gasteiger partial charge in [0.25, 0.3) is 5.91 Å². The summed E-state index contributed by atoms with van der Waals surface area (Å²) >= 11 is 0. The predicted molar refractivity (Wildman–Crippen MR) is 127 cm³/mol. The number of amides is 3. The monoisotopic (exact) mass is 430 g/mol. The number of rotatable bonds is 5. The first kappa shape index (κ1) is 21.8. The molecular formula is C26H30N4O2. The minimum absolute atomic E-state index is 0.171. The van der Waals surface area contributed by atoms with Gasteiger partial charge >= 0.3 is 6.03 Å². The van der Waals surface area contributed by atoms with Crippen LogP contribution in [0.5, 0.6) is 0 Å². The van der Waals surface area contributed by atoms with E-state index in [0.717, 1.165) is 60.7 Å². The second-order valence-corrected chi connectivity index (χ2v) is 8.41. The van der Waals surface area contributed by atoms with Crippen LogP contribution in [0.15, 0.2) is 54.6 Å². The Hall–Kier alpha value is -3.41. The van der Waals surface area contributed by atoms with E-state index in [1.165, 1.54) is 12.0 Å². The lowest BCUT2D eigenvalue weighted by atomic mass is 9.96. The molecule has 32 heavy (non-hydrogen) atoms. The SMILES string of the molecule is CCCc1ccc(-c2cc(C(=O)NNC(=O)NC3CCCCC3)c3ccccc3n2)cc1. The second-order valence-electron chi connectivity index (χ2n) is 8.41. The van der Waals surface area contributed by atoms with Gasteiger partial charge in [-0.25, -0.2) is 15.2 Å². The van der Waals surface area contributed by atoms with E-state index in [2.05, 4.69) is 35.2 Å². The Morgan fingerprint density at radius 2 is 1.72 bits per heavy atom. The first-order valence-electron chi connectivity index (χ1n) is 11.5. The van der Waals surface area contributed by atoms with Gasteiger partial charge in [0.05, 0.1) is 16.8 Å². The van der Waals surface area contributed by atoms with Gasteiger partial charge in [-0.1, -0.05) is 75.1 Å². The molecule has 3 N–H and O–H groups in total. The molecule has 2 aromatic carbocycles. The van der Waals surface area contributed by atoms with Gasteiger partial charge in [0.2, 0.25) is 0 Å². The molecule has 1 fully saturated rings. The van der Waals surface area contributed by atoms with Crippen LogP contribution in [0.25, 0.3) is 22.2 Å². The summed E-state index contributed by atoms with van der Waals surface area (Å²) in [6.07, 6.45) is 7.57. The molecule has 0 unspecified atom stereocenters. The van der Waals surface area contributed by atoms with E-state index in [0.29, 0.717) is 5.56 Å². The number of hydrogen-bond donors (Lipinski definition) is 3. The van der Waals surface area contributed by atoms with E-state index < -0.39 is 0 Å². The molecule has 1 aromatic heterocycles. The number of nitrogens with one attached hydrogen (secondary N) is 3. The number of fused-ring (bicyclic) bond motifs is 1. The number of urea groups is 1. The Labute approximate surface area is 188 Å². The molecule has 3 amide bonds. The molecule has 0 spiro atoms. The smallest absolute Gasteiger partial charge is 0.333 e. The number of hydrogen-bond acceptors (Lipinski definition) is 3. The van der Waals surface area contributed by atoms with Crippen LogP contribution >= 0.6 is 0 Å². The number of aryl methyl sites for hydroxylation is 1. The van der Waals surface area contributed by atoms with Gasteiger partial charge in [-0.05, 0) is 37.0 Å². The van der Waals surface area contributed by atoms with Crippen LogP contribution in [0.4, 0.5) is 4.79 Å². The maximum atomic E-state index is 13.0. The van der Waals surface area contributed by atoms with Gasteiger partial charge in [-0.3, -0.25) is 10.2 Å². The van der Waals surface area contributed by atoms with Crippen molar-refractivity contribution in [3.05, 3.63) is 65.7 Å². The molecule has 0 saturated heterocycles. The zero-order valence-corrected chi connectivity index (χ0v) is 18.5. The van der Waals surface area contributed by atoms with Crippen LogP contribution in [0.2, 0.25) is 0 Å². The zero-order chi connectivity index (χ0) is 22.3. The highest BCUT2D eigenvalue weighted by Crippen LogP contribution is 2.25. The van der Waals surface area contributed by atoms with Crippen molar-refractivity contribution in [2.45, 2.75) is 57.9 Å². The molecule has 4 rings (SSSR count). The van der Waals surface area contributed by atoms with Crippen molar-refractivity contribution in [3.8, 4) is 11.3 Å². The van der Waals surface area contributed by atoms with Crippen LogP contribution in [0, 0.1) is 0 Å². The summed E-state index contributed by atoms with van der Waals surface area (Å²) < 4.78 is 0. The largest absolute Gasteiger partial charge is 0.334 e. The van der Waals surface area contributed by atoms with Crippen molar-refractivity contribution in [2.75, 3.05) is 0 Å². The highest BCUT2D eigenvalue weighted by Gasteiger charge is 2.17. The second kappa shape index (κ2) is 10.3. The minimum Gasteiger partial charge on any atom is -0.334 e. The quantitative estimate of drug-likeness (QED) is 0.491. The van der Waals surface area contributed by atoms with Gasteiger partial charge in [0.15, 0.2) is 0 Å². The first-order chi connectivity index (χ1) is 15.6. The highest BCUT2D eigenvalue weighted by molar-refractivity contribution is 6.07. The van der Waals surface area contributed by atoms with E-state index in [1.54, 1.807) is 6.07 Å². The summed E-state index contributed by atoms with van der Waals surface area (Å²) in [5.41, 5.74) is 9.23. The maximum absolute atomic E-state index is 13.0. The van der Waals surface area contributed by atoms with Crippen molar-refractivity contribution in [1.29, 1.82) is 0 Å². The highest BCUT2D eigenvalue weighted by atomic mass is 16.2. The molecule has 0 bridgehead atoms. The number of pyridine rings is 1. The number of carbonyl (C=O) groups excluding carboxylic acids is 2. The van der Waals surface area contributed by atoms with Crippen molar-refractivity contribution in [2.24, 2.45) is 0 Å². The molecule has 0 aliphatic heterocycles. The average Bonchev–Trinajstić information content (AvgIpc) is 2.83. The Balaban J connectivity index is 1.52. The lowest BCUT2D eigenvalue weighted by Crippen LogP contribution is -2.50. The molecule has 0 radical (unpaired) electrons. The number of benzene rings is 2. The van der Waals surface area contributed by atoms with Crippen molar-refractivity contribution >= 4 is 22.8 Å². The predicted octanol–water partition coefficient (Wildman–Crippen LogP) is 5.13. The van der Waals surface area contributed by atoms with Crippen molar-refractivity contribution in [3.63, 3.8) is 0 Å². The molecule has 1 aliphatic carbocycles. The summed E-state index contributed by atoms with van der Waals surface area (Å²) in [4.78, 5) is 30.0. The topological polar surface area (TPSA) is 83.1 Å². The normalized spacial score (nSPS) is 14.2. The fourth-order valence-corrected chi connectivity index (χ4v) is 4.29. The van der Waals surface area contributed by atoms with E-state index in [9.17, 15) is 9.59 Å². The Morgan fingerprint density at radius 1 is 0.969 bits per heavy atom. The Bertz CT molecular complexity index is 1090. The third kappa shape index (κ3) is 5.25. The van der Waals surface area contributed by atoms with Gasteiger partial charge in [0, 0.05) is 17.0 Å². The Morgan fingerprint density at radius 3 is 2.47 bits per heavy atom. The van der Waals surface area contributed by atoms with Crippen LogP contribution in [0.3, 0.4) is 0 Å². The Kier molecular flexibility index (Phi) is 7.00. The van der Waals surface area contributed by atoms with Crippen molar-refractivity contribution in [1.82, 2.24) is 21.2 Å². The lowest BCUT2D eigenvalue weighted by molar-refractivity contribution is 0.0937. The first-order valence-corrected chi connectivity index (χ1v) is 11.5. The van der Waals surface area contributed by atoms with E-state index in [-0.39, 0.29) is 18.0 Å². The summed E-state index contributed by atoms with van der Waals surface area (Å²) in [7, 11) is 0. The maximum Gasteiger partial charge on any atom is 0.333 e. The van der Waals surface area contributed by atoms with Gasteiger partial charge in [0.1, 0.15) is 0 Å². The summed E-state index contributed by atoms with van der Waals surface area (Å²) in [6, 6.07) is 17.4. The third-order valence-electron chi connectivity index (χ3n) is 5.98. The third-order valence-corrected chi connectivity index (χ3v) is 5.98. The lowest BCUT2D eigenvalue weighted by Gasteiger charge is -2.22. The molecule has 6 heteroatoms. The van der Waals surface area contributed by atoms with Crippen LogP contribution < -0.4 is 16.2 Å². The molecule has 1 saturated carbocycles. The molecule has 166 valence electrons. The van der Waals surface area contributed by atoms with E-state index >= 15 is 0 Å². The van der Waals surface area contributed by atoms with E-state index in [4.69, 9.17) is 4.98 Å². The van der Waals surface area contributed by atoms with Gasteiger partial charge < -0.3 is 5.32 Å². The number of nitrogens with zero attached hydrogens (tertiary/aromatic N) is 1. The molecule has 1 heterocycles. The standard InChI is InChI=1S/C26H30N4O2/c1-2-8-18-13-15-19(16-14-18)24-17-22(21-11-6-7-12-23(21)28-24)25(31)29-30-26(32)27-20-9-4-3-5-10-20/h6-7,11-17,20H,2-5,8-10H2,1H3,(H,29,31)(H2,27,30,32). The summed E-state index contributed by atoms with van der Waals surface area (Å²) in [5.74, 6) is -0.369. The average molecular weight is 431 g/mol.